The Balaban J connectivity index is 1.74. The van der Waals surface area contributed by atoms with Crippen LogP contribution in [-0.2, 0) is 14.3 Å². The summed E-state index contributed by atoms with van der Waals surface area (Å²) in [5.74, 6) is -1.87. The second kappa shape index (κ2) is 6.56. The van der Waals surface area contributed by atoms with Crippen molar-refractivity contribution in [1.29, 1.82) is 0 Å². The Hall–Kier alpha value is -1.92. The molecule has 3 fully saturated rings. The molecule has 0 spiro atoms. The van der Waals surface area contributed by atoms with Crippen LogP contribution in [0.15, 0.2) is 30.3 Å². The summed E-state index contributed by atoms with van der Waals surface area (Å²) in [6.45, 7) is 3.84. The lowest BCUT2D eigenvalue weighted by Crippen LogP contribution is -2.68. The summed E-state index contributed by atoms with van der Waals surface area (Å²) in [5, 5.41) is 21.8. The zero-order chi connectivity index (χ0) is 20.2. The molecule has 6 heteroatoms. The predicted octanol–water partition coefficient (Wildman–Crippen LogP) is 2.32. The van der Waals surface area contributed by atoms with E-state index in [1.54, 1.807) is 24.3 Å². The van der Waals surface area contributed by atoms with Gasteiger partial charge in [-0.2, -0.15) is 0 Å². The van der Waals surface area contributed by atoms with Crippen molar-refractivity contribution >= 4 is 11.9 Å². The van der Waals surface area contributed by atoms with Crippen molar-refractivity contribution in [2.45, 2.75) is 51.2 Å². The lowest BCUT2D eigenvalue weighted by molar-refractivity contribution is -0.238. The minimum absolute atomic E-state index is 0.0373. The van der Waals surface area contributed by atoms with Crippen LogP contribution in [0.25, 0.3) is 0 Å². The van der Waals surface area contributed by atoms with Gasteiger partial charge in [-0.25, -0.2) is 4.79 Å². The maximum atomic E-state index is 12.8. The molecule has 1 saturated heterocycles. The van der Waals surface area contributed by atoms with Crippen molar-refractivity contribution in [1.82, 2.24) is 0 Å². The first-order valence-electron chi connectivity index (χ1n) is 10.0. The maximum absolute atomic E-state index is 12.8. The predicted molar refractivity (Wildman–Crippen MR) is 100 cm³/mol. The number of hydrogen-bond acceptors (Lipinski definition) is 6. The van der Waals surface area contributed by atoms with Crippen LogP contribution in [-0.4, -0.2) is 47.1 Å². The summed E-state index contributed by atoms with van der Waals surface area (Å²) >= 11 is 0. The highest BCUT2D eigenvalue weighted by molar-refractivity contribution is 5.89. The van der Waals surface area contributed by atoms with Crippen molar-refractivity contribution in [3.05, 3.63) is 35.9 Å². The molecule has 0 aromatic heterocycles. The van der Waals surface area contributed by atoms with Crippen LogP contribution in [0.2, 0.25) is 0 Å². The van der Waals surface area contributed by atoms with E-state index < -0.39 is 40.4 Å². The molecule has 0 bridgehead atoms. The molecule has 0 amide bonds. The average Bonchev–Trinajstić information content (AvgIpc) is 2.98. The number of fused-ring (bicyclic) bond motifs is 3. The van der Waals surface area contributed by atoms with Gasteiger partial charge in [0.05, 0.1) is 11.5 Å². The number of carbonyl (C=O) groups is 2. The second-order valence-corrected chi connectivity index (χ2v) is 9.19. The molecule has 1 heterocycles. The number of esters is 2. The molecular formula is C22H28O6. The van der Waals surface area contributed by atoms with Gasteiger partial charge in [-0.15, -0.1) is 0 Å². The van der Waals surface area contributed by atoms with Gasteiger partial charge in [0.15, 0.2) is 0 Å². The highest BCUT2D eigenvalue weighted by Crippen LogP contribution is 2.64. The molecular weight excluding hydrogens is 360 g/mol. The van der Waals surface area contributed by atoms with Gasteiger partial charge in [0, 0.05) is 24.4 Å². The summed E-state index contributed by atoms with van der Waals surface area (Å²) < 4.78 is 11.2. The van der Waals surface area contributed by atoms with E-state index in [9.17, 15) is 19.8 Å². The SMILES string of the molecule is C[C@]1(CO)CCC[C@]2(C)[C@@H]1[C@H](OC(=O)c1ccccc1)C[C@@H]1C(=O)OC[C@@]12O. The van der Waals surface area contributed by atoms with Crippen LogP contribution < -0.4 is 0 Å². The van der Waals surface area contributed by atoms with Crippen molar-refractivity contribution < 1.29 is 29.3 Å². The van der Waals surface area contributed by atoms with Crippen LogP contribution in [0.4, 0.5) is 0 Å². The lowest BCUT2D eigenvalue weighted by Gasteiger charge is -2.62. The molecule has 2 aliphatic carbocycles. The Morgan fingerprint density at radius 2 is 1.96 bits per heavy atom. The third-order valence-corrected chi connectivity index (χ3v) is 7.63. The summed E-state index contributed by atoms with van der Waals surface area (Å²) in [7, 11) is 0. The maximum Gasteiger partial charge on any atom is 0.338 e. The van der Waals surface area contributed by atoms with E-state index in [-0.39, 0.29) is 25.6 Å². The number of rotatable bonds is 3. The summed E-state index contributed by atoms with van der Waals surface area (Å²) in [6.07, 6.45) is 1.93. The number of aliphatic hydroxyl groups excluding tert-OH is 1. The highest BCUT2D eigenvalue weighted by atomic mass is 16.6. The van der Waals surface area contributed by atoms with Crippen LogP contribution in [0.5, 0.6) is 0 Å². The molecule has 2 N–H and O–H groups in total. The Kier molecular flexibility index (Phi) is 4.55. The van der Waals surface area contributed by atoms with Gasteiger partial charge in [-0.3, -0.25) is 4.79 Å². The zero-order valence-corrected chi connectivity index (χ0v) is 16.4. The summed E-state index contributed by atoms with van der Waals surface area (Å²) in [4.78, 5) is 25.2. The minimum atomic E-state index is -1.30. The fourth-order valence-electron chi connectivity index (χ4n) is 6.16. The van der Waals surface area contributed by atoms with Crippen LogP contribution in [0.3, 0.4) is 0 Å². The Morgan fingerprint density at radius 1 is 1.25 bits per heavy atom. The van der Waals surface area contributed by atoms with Gasteiger partial charge >= 0.3 is 11.9 Å². The molecule has 152 valence electrons. The van der Waals surface area contributed by atoms with E-state index in [4.69, 9.17) is 9.47 Å². The zero-order valence-electron chi connectivity index (χ0n) is 16.4. The van der Waals surface area contributed by atoms with Gasteiger partial charge < -0.3 is 19.7 Å². The molecule has 0 unspecified atom stereocenters. The molecule has 28 heavy (non-hydrogen) atoms. The normalized spacial score (nSPS) is 42.3. The van der Waals surface area contributed by atoms with Gasteiger partial charge in [-0.05, 0) is 30.4 Å². The molecule has 1 aromatic rings. The van der Waals surface area contributed by atoms with Gasteiger partial charge in [0.1, 0.15) is 18.3 Å². The number of cyclic esters (lactones) is 1. The summed E-state index contributed by atoms with van der Waals surface area (Å²) in [5.41, 5.74) is -2.07. The number of carbonyl (C=O) groups excluding carboxylic acids is 2. The molecule has 6 nitrogen and oxygen atoms in total. The Morgan fingerprint density at radius 3 is 2.64 bits per heavy atom. The van der Waals surface area contributed by atoms with Gasteiger partial charge in [0.2, 0.25) is 0 Å². The molecule has 3 aliphatic rings. The lowest BCUT2D eigenvalue weighted by atomic mass is 9.44. The molecule has 0 radical (unpaired) electrons. The first-order chi connectivity index (χ1) is 13.2. The largest absolute Gasteiger partial charge is 0.462 e. The Labute approximate surface area is 164 Å². The van der Waals surface area contributed by atoms with Gasteiger partial charge in [-0.1, -0.05) is 38.5 Å². The molecule has 2 saturated carbocycles. The highest BCUT2D eigenvalue weighted by Gasteiger charge is 2.71. The average molecular weight is 388 g/mol. The molecule has 1 aliphatic heterocycles. The second-order valence-electron chi connectivity index (χ2n) is 9.19. The molecule has 1 aromatic carbocycles. The van der Waals surface area contributed by atoms with Gasteiger partial charge in [0.25, 0.3) is 0 Å². The van der Waals surface area contributed by atoms with Crippen molar-refractivity contribution in [3.63, 3.8) is 0 Å². The standard InChI is InChI=1S/C22H28O6/c1-20(12-23)9-6-10-21(2)17(20)16(11-15-19(25)27-13-22(15,21)26)28-18(24)14-7-4-3-5-8-14/h3-5,7-8,15-17,23,26H,6,9-13H2,1-2H3/t15-,16-,17-,20-,21-,22-/m1/s1. The van der Waals surface area contributed by atoms with E-state index in [0.717, 1.165) is 12.8 Å². The van der Waals surface area contributed by atoms with Crippen LogP contribution in [0, 0.1) is 22.7 Å². The quantitative estimate of drug-likeness (QED) is 0.772. The van der Waals surface area contributed by atoms with E-state index in [0.29, 0.717) is 12.0 Å². The fourth-order valence-corrected chi connectivity index (χ4v) is 6.16. The van der Waals surface area contributed by atoms with Crippen molar-refractivity contribution in [2.75, 3.05) is 13.2 Å². The fraction of sp³-hybridized carbons (Fsp3) is 0.636. The van der Waals surface area contributed by atoms with E-state index in [1.165, 1.54) is 0 Å². The molecule has 4 rings (SSSR count). The third-order valence-electron chi connectivity index (χ3n) is 7.63. The smallest absolute Gasteiger partial charge is 0.338 e. The third kappa shape index (κ3) is 2.61. The number of benzene rings is 1. The summed E-state index contributed by atoms with van der Waals surface area (Å²) in [6, 6.07) is 8.75. The first-order valence-corrected chi connectivity index (χ1v) is 10.0. The van der Waals surface area contributed by atoms with Crippen LogP contribution >= 0.6 is 0 Å². The topological polar surface area (TPSA) is 93.1 Å². The monoisotopic (exact) mass is 388 g/mol. The van der Waals surface area contributed by atoms with Crippen molar-refractivity contribution in [2.24, 2.45) is 22.7 Å². The Bertz CT molecular complexity index is 778. The number of aliphatic hydroxyl groups is 2. The number of ether oxygens (including phenoxy) is 2. The number of hydrogen-bond donors (Lipinski definition) is 2. The van der Waals surface area contributed by atoms with E-state index in [2.05, 4.69) is 0 Å². The van der Waals surface area contributed by atoms with E-state index >= 15 is 0 Å². The molecule has 6 atom stereocenters. The van der Waals surface area contributed by atoms with Crippen LogP contribution in [0.1, 0.15) is 49.9 Å². The minimum Gasteiger partial charge on any atom is -0.462 e. The van der Waals surface area contributed by atoms with E-state index in [1.807, 2.05) is 19.9 Å². The van der Waals surface area contributed by atoms with Crippen molar-refractivity contribution in [3.8, 4) is 0 Å². The first kappa shape index (κ1) is 19.4.